The third-order valence-corrected chi connectivity index (χ3v) is 5.41. The maximum absolute atomic E-state index is 12.7. The second kappa shape index (κ2) is 10.8. The molecule has 168 valence electrons. The normalized spacial score (nSPS) is 10.9. The van der Waals surface area contributed by atoms with E-state index in [1.165, 1.54) is 0 Å². The Bertz CT molecular complexity index is 1070. The van der Waals surface area contributed by atoms with Crippen LogP contribution in [0.1, 0.15) is 53.1 Å². The molecule has 0 bridgehead atoms. The fourth-order valence-electron chi connectivity index (χ4n) is 3.73. The average molecular weight is 433 g/mol. The van der Waals surface area contributed by atoms with Crippen LogP contribution in [0.15, 0.2) is 54.6 Å². The van der Waals surface area contributed by atoms with Gasteiger partial charge in [0.2, 0.25) is 5.91 Å². The van der Waals surface area contributed by atoms with E-state index in [1.807, 2.05) is 48.0 Å². The number of para-hydroxylation sites is 1. The van der Waals surface area contributed by atoms with Gasteiger partial charge in [0.15, 0.2) is 0 Å². The minimum atomic E-state index is -0.216. The van der Waals surface area contributed by atoms with Crippen LogP contribution in [0.3, 0.4) is 0 Å². The number of aromatic nitrogens is 2. The van der Waals surface area contributed by atoms with Crippen molar-refractivity contribution >= 4 is 17.5 Å². The quantitative estimate of drug-likeness (QED) is 0.516. The Kier molecular flexibility index (Phi) is 7.82. The molecule has 3 aromatic rings. The fourth-order valence-corrected chi connectivity index (χ4v) is 3.73. The number of hydrogen-bond acceptors (Lipinski definition) is 3. The number of nitrogens with one attached hydrogen (secondary N) is 2. The molecule has 3 rings (SSSR count). The Morgan fingerprint density at radius 1 is 1.00 bits per heavy atom. The minimum Gasteiger partial charge on any atom is -0.348 e. The number of hydrogen-bond donors (Lipinski definition) is 2. The number of nitrogens with zero attached hydrogens (tertiary/aromatic N) is 2. The van der Waals surface area contributed by atoms with Crippen LogP contribution in [0.4, 0.5) is 5.69 Å². The summed E-state index contributed by atoms with van der Waals surface area (Å²) >= 11 is 0. The molecule has 0 fully saturated rings. The van der Waals surface area contributed by atoms with Crippen molar-refractivity contribution in [2.24, 2.45) is 5.92 Å². The molecule has 0 spiro atoms. The van der Waals surface area contributed by atoms with Crippen molar-refractivity contribution in [3.63, 3.8) is 0 Å². The predicted molar refractivity (Wildman–Crippen MR) is 128 cm³/mol. The van der Waals surface area contributed by atoms with Gasteiger partial charge in [-0.05, 0) is 49.4 Å². The van der Waals surface area contributed by atoms with E-state index in [1.54, 1.807) is 18.2 Å². The third kappa shape index (κ3) is 6.06. The van der Waals surface area contributed by atoms with Crippen molar-refractivity contribution in [2.45, 2.75) is 53.6 Å². The van der Waals surface area contributed by atoms with Gasteiger partial charge in [0.1, 0.15) is 0 Å². The van der Waals surface area contributed by atoms with Crippen molar-refractivity contribution in [1.82, 2.24) is 15.1 Å². The topological polar surface area (TPSA) is 76.0 Å². The highest BCUT2D eigenvalue weighted by molar-refractivity contribution is 6.03. The fraction of sp³-hybridized carbons (Fsp3) is 0.346. The van der Waals surface area contributed by atoms with Crippen molar-refractivity contribution in [2.75, 3.05) is 5.32 Å². The first-order valence-electron chi connectivity index (χ1n) is 11.1. The molecule has 0 saturated heterocycles. The van der Waals surface area contributed by atoms with E-state index >= 15 is 0 Å². The molecule has 1 aromatic heterocycles. The van der Waals surface area contributed by atoms with Crippen LogP contribution in [0.5, 0.6) is 0 Å². The molecule has 2 aromatic carbocycles. The number of anilines is 1. The van der Waals surface area contributed by atoms with E-state index in [4.69, 9.17) is 0 Å². The lowest BCUT2D eigenvalue weighted by atomic mass is 10.1. The van der Waals surface area contributed by atoms with Gasteiger partial charge in [0.25, 0.3) is 5.91 Å². The summed E-state index contributed by atoms with van der Waals surface area (Å²) in [5, 5.41) is 10.5. The van der Waals surface area contributed by atoms with Crippen LogP contribution < -0.4 is 10.6 Å². The zero-order valence-electron chi connectivity index (χ0n) is 19.3. The second-order valence-corrected chi connectivity index (χ2v) is 8.49. The summed E-state index contributed by atoms with van der Waals surface area (Å²) in [6.45, 7) is 9.67. The molecule has 0 atom stereocenters. The van der Waals surface area contributed by atoms with Crippen molar-refractivity contribution in [3.05, 3.63) is 82.7 Å². The van der Waals surface area contributed by atoms with Gasteiger partial charge in [0.05, 0.1) is 16.9 Å². The van der Waals surface area contributed by atoms with E-state index < -0.39 is 0 Å². The lowest BCUT2D eigenvalue weighted by Crippen LogP contribution is -2.25. The van der Waals surface area contributed by atoms with Gasteiger partial charge >= 0.3 is 0 Å². The van der Waals surface area contributed by atoms with E-state index in [2.05, 4.69) is 36.5 Å². The maximum atomic E-state index is 12.7. The number of carbonyl (C=O) groups excluding carboxylic acids is 2. The largest absolute Gasteiger partial charge is 0.348 e. The smallest absolute Gasteiger partial charge is 0.253 e. The van der Waals surface area contributed by atoms with E-state index in [0.29, 0.717) is 36.6 Å². The van der Waals surface area contributed by atoms with Crippen molar-refractivity contribution < 1.29 is 9.59 Å². The molecular weight excluding hydrogens is 400 g/mol. The molecule has 0 saturated carbocycles. The number of aryl methyl sites for hydroxylation is 1. The SMILES string of the molecule is Cc1nn(CC(C)C)c(C)c1CCC(=O)Nc1ccccc1C(=O)NCc1ccccc1. The monoisotopic (exact) mass is 432 g/mol. The van der Waals surface area contributed by atoms with Gasteiger partial charge in [-0.2, -0.15) is 5.10 Å². The molecule has 0 aliphatic heterocycles. The molecule has 6 nitrogen and oxygen atoms in total. The molecular formula is C26H32N4O2. The number of benzene rings is 2. The van der Waals surface area contributed by atoms with Crippen LogP contribution in [0, 0.1) is 19.8 Å². The Morgan fingerprint density at radius 2 is 1.69 bits per heavy atom. The Balaban J connectivity index is 1.61. The second-order valence-electron chi connectivity index (χ2n) is 8.49. The molecule has 2 amide bonds. The highest BCUT2D eigenvalue weighted by atomic mass is 16.2. The average Bonchev–Trinajstić information content (AvgIpc) is 3.03. The highest BCUT2D eigenvalue weighted by Crippen LogP contribution is 2.19. The zero-order chi connectivity index (χ0) is 23.1. The van der Waals surface area contributed by atoms with Crippen molar-refractivity contribution in [3.8, 4) is 0 Å². The van der Waals surface area contributed by atoms with Crippen LogP contribution in [0.2, 0.25) is 0 Å². The van der Waals surface area contributed by atoms with Crippen LogP contribution in [-0.2, 0) is 24.3 Å². The summed E-state index contributed by atoms with van der Waals surface area (Å²) in [6.07, 6.45) is 0.943. The maximum Gasteiger partial charge on any atom is 0.253 e. The van der Waals surface area contributed by atoms with Gasteiger partial charge in [0, 0.05) is 25.2 Å². The summed E-state index contributed by atoms with van der Waals surface area (Å²) in [6, 6.07) is 16.8. The van der Waals surface area contributed by atoms with E-state index in [9.17, 15) is 9.59 Å². The first kappa shape index (κ1) is 23.3. The van der Waals surface area contributed by atoms with E-state index in [0.717, 1.165) is 29.1 Å². The first-order chi connectivity index (χ1) is 15.3. The van der Waals surface area contributed by atoms with Gasteiger partial charge in [-0.3, -0.25) is 14.3 Å². The zero-order valence-corrected chi connectivity index (χ0v) is 19.3. The standard InChI is InChI=1S/C26H32N4O2/c1-18(2)17-30-20(4)22(19(3)29-30)14-15-25(31)28-24-13-9-8-12-23(24)26(32)27-16-21-10-6-5-7-11-21/h5-13,18H,14-17H2,1-4H3,(H,27,32)(H,28,31). The highest BCUT2D eigenvalue weighted by Gasteiger charge is 2.16. The number of carbonyl (C=O) groups is 2. The summed E-state index contributed by atoms with van der Waals surface area (Å²) < 4.78 is 2.03. The van der Waals surface area contributed by atoms with E-state index in [-0.39, 0.29) is 11.8 Å². The summed E-state index contributed by atoms with van der Waals surface area (Å²) in [5.41, 5.74) is 5.20. The van der Waals surface area contributed by atoms with Gasteiger partial charge in [-0.25, -0.2) is 0 Å². The van der Waals surface area contributed by atoms with Gasteiger partial charge < -0.3 is 10.6 Å². The molecule has 6 heteroatoms. The molecule has 1 heterocycles. The minimum absolute atomic E-state index is 0.122. The Hall–Kier alpha value is -3.41. The predicted octanol–water partition coefficient (Wildman–Crippen LogP) is 4.66. The summed E-state index contributed by atoms with van der Waals surface area (Å²) in [5.74, 6) is 0.170. The first-order valence-corrected chi connectivity index (χ1v) is 11.1. The Labute approximate surface area is 190 Å². The molecule has 0 radical (unpaired) electrons. The van der Waals surface area contributed by atoms with Crippen LogP contribution >= 0.6 is 0 Å². The molecule has 0 aliphatic rings. The van der Waals surface area contributed by atoms with Gasteiger partial charge in [-0.15, -0.1) is 0 Å². The number of amides is 2. The Morgan fingerprint density at radius 3 is 2.41 bits per heavy atom. The van der Waals surface area contributed by atoms with Gasteiger partial charge in [-0.1, -0.05) is 56.3 Å². The molecule has 32 heavy (non-hydrogen) atoms. The molecule has 0 aliphatic carbocycles. The molecule has 0 unspecified atom stereocenters. The lowest BCUT2D eigenvalue weighted by Gasteiger charge is -2.12. The van der Waals surface area contributed by atoms with Crippen LogP contribution in [-0.4, -0.2) is 21.6 Å². The lowest BCUT2D eigenvalue weighted by molar-refractivity contribution is -0.116. The third-order valence-electron chi connectivity index (χ3n) is 5.41. The summed E-state index contributed by atoms with van der Waals surface area (Å²) in [4.78, 5) is 25.4. The number of rotatable bonds is 9. The summed E-state index contributed by atoms with van der Waals surface area (Å²) in [7, 11) is 0. The molecule has 2 N–H and O–H groups in total. The van der Waals surface area contributed by atoms with Crippen molar-refractivity contribution in [1.29, 1.82) is 0 Å². The van der Waals surface area contributed by atoms with Crippen LogP contribution in [0.25, 0.3) is 0 Å².